The van der Waals surface area contributed by atoms with E-state index in [1.54, 1.807) is 27.7 Å². The third kappa shape index (κ3) is 7.91. The molecule has 13 nitrogen and oxygen atoms in total. The predicted molar refractivity (Wildman–Crippen MR) is 141 cm³/mol. The van der Waals surface area contributed by atoms with E-state index in [2.05, 4.69) is 30.6 Å². The molecule has 0 spiro atoms. The molecular weight excluding hydrogens is 530 g/mol. The number of nitrogen functional groups attached to an aromatic ring is 2. The Labute approximate surface area is 228 Å². The highest BCUT2D eigenvalue weighted by Gasteiger charge is 2.32. The molecule has 214 valence electrons. The Hall–Kier alpha value is -4.69. The summed E-state index contributed by atoms with van der Waals surface area (Å²) in [6.07, 6.45) is -2.65. The quantitative estimate of drug-likeness (QED) is 0.249. The largest absolute Gasteiger partial charge is 0.461 e. The number of nitrogens with one attached hydrogen (secondary N) is 2. The monoisotopic (exact) mass is 560 g/mol. The molecule has 2 heterocycles. The summed E-state index contributed by atoms with van der Waals surface area (Å²) < 4.78 is 39.2. The Kier molecular flexibility index (Phi) is 9.63. The van der Waals surface area contributed by atoms with Gasteiger partial charge < -0.3 is 31.6 Å². The van der Waals surface area contributed by atoms with Crippen LogP contribution in [0, 0.1) is 5.82 Å². The molecule has 0 fully saturated rings. The van der Waals surface area contributed by atoms with Gasteiger partial charge in [-0.25, -0.2) is 28.3 Å². The molecule has 0 bridgehead atoms. The van der Waals surface area contributed by atoms with Crippen LogP contribution in [0.1, 0.15) is 50.2 Å². The Morgan fingerprint density at radius 1 is 1.00 bits per heavy atom. The molecule has 15 heteroatoms. The summed E-state index contributed by atoms with van der Waals surface area (Å²) in [5.41, 5.74) is 12.1. The second kappa shape index (κ2) is 12.9. The number of carbonyl (C=O) groups is 3. The van der Waals surface area contributed by atoms with Crippen LogP contribution in [-0.2, 0) is 25.6 Å². The first-order valence-electron chi connectivity index (χ1n) is 12.3. The van der Waals surface area contributed by atoms with E-state index in [0.717, 1.165) is 6.07 Å². The van der Waals surface area contributed by atoms with Gasteiger partial charge in [0.15, 0.2) is 23.2 Å². The van der Waals surface area contributed by atoms with Gasteiger partial charge in [-0.05, 0) is 45.9 Å². The summed E-state index contributed by atoms with van der Waals surface area (Å²) in [5, 5.41) is 5.14. The van der Waals surface area contributed by atoms with E-state index < -0.39 is 54.5 Å². The highest BCUT2D eigenvalue weighted by atomic mass is 19.1. The normalized spacial score (nSPS) is 12.7. The van der Waals surface area contributed by atoms with Crippen molar-refractivity contribution < 1.29 is 32.6 Å². The van der Waals surface area contributed by atoms with Crippen molar-refractivity contribution in [1.29, 1.82) is 0 Å². The third-order valence-electron chi connectivity index (χ3n) is 5.18. The van der Waals surface area contributed by atoms with Crippen molar-refractivity contribution in [3.63, 3.8) is 0 Å². The number of anilines is 3. The van der Waals surface area contributed by atoms with E-state index in [4.69, 9.17) is 20.9 Å². The Bertz CT molecular complexity index is 1410. The maximum Gasteiger partial charge on any atom is 0.341 e. The zero-order chi connectivity index (χ0) is 29.6. The number of hydrogen-bond acceptors (Lipinski definition) is 12. The van der Waals surface area contributed by atoms with Gasteiger partial charge in [0.05, 0.1) is 36.3 Å². The lowest BCUT2D eigenvalue weighted by molar-refractivity contribution is -0.155. The van der Waals surface area contributed by atoms with Gasteiger partial charge in [-0.15, -0.1) is 0 Å². The summed E-state index contributed by atoms with van der Waals surface area (Å²) in [5.74, 6) is -3.80. The zero-order valence-electron chi connectivity index (χ0n) is 22.3. The Morgan fingerprint density at radius 2 is 1.68 bits per heavy atom. The second-order valence-electron chi connectivity index (χ2n) is 9.25. The van der Waals surface area contributed by atoms with Crippen LogP contribution in [0.5, 0.6) is 0 Å². The number of fused-ring (bicyclic) bond motifs is 1. The number of hydrogen-bond donors (Lipinski definition) is 4. The van der Waals surface area contributed by atoms with Gasteiger partial charge in [0, 0.05) is 12.0 Å². The van der Waals surface area contributed by atoms with Gasteiger partial charge in [0.1, 0.15) is 11.9 Å². The van der Waals surface area contributed by atoms with Gasteiger partial charge in [0.2, 0.25) is 5.95 Å². The molecule has 0 aliphatic carbocycles. The first-order valence-corrected chi connectivity index (χ1v) is 12.3. The molecule has 2 aromatic heterocycles. The molecule has 1 amide bonds. The SMILES string of the molecule is CC(C)OC(=O)[C@H](F)C[C@H](NC(=O)c1ccc(NCc2cnc3nc(N)nc(N)c3n2)c(F)c1)C(=O)OC(C)C. The third-order valence-corrected chi connectivity index (χ3v) is 5.18. The number of benzene rings is 1. The molecule has 3 aromatic rings. The van der Waals surface area contributed by atoms with Crippen molar-refractivity contribution in [3.05, 3.63) is 41.5 Å². The molecule has 0 unspecified atom stereocenters. The molecule has 40 heavy (non-hydrogen) atoms. The van der Waals surface area contributed by atoms with Crippen LogP contribution in [0.3, 0.4) is 0 Å². The first-order chi connectivity index (χ1) is 18.8. The minimum Gasteiger partial charge on any atom is -0.461 e. The van der Waals surface area contributed by atoms with Crippen molar-refractivity contribution in [1.82, 2.24) is 25.3 Å². The van der Waals surface area contributed by atoms with E-state index in [1.165, 1.54) is 18.3 Å². The number of ether oxygens (including phenoxy) is 2. The number of amides is 1. The number of halogens is 2. The van der Waals surface area contributed by atoms with E-state index in [1.807, 2.05) is 0 Å². The van der Waals surface area contributed by atoms with E-state index in [9.17, 15) is 23.2 Å². The summed E-state index contributed by atoms with van der Waals surface area (Å²) in [7, 11) is 0. The molecule has 0 saturated carbocycles. The number of esters is 2. The highest BCUT2D eigenvalue weighted by molar-refractivity contribution is 5.97. The standard InChI is InChI=1S/C25H30F2N8O5/c1-11(2)39-23(37)16(27)8-18(24(38)40-12(3)4)33-22(36)13-5-6-17(15(26)7-13)30-9-14-10-31-21-19(32-14)20(28)34-25(29)35-21/h5-7,10-12,16,18,30H,8-9H2,1-4H3,(H,33,36)(H4,28,29,31,34,35)/t16-,18+/m1/s1. The first kappa shape index (κ1) is 29.9. The maximum absolute atomic E-state index is 14.8. The maximum atomic E-state index is 14.8. The number of rotatable bonds is 11. The van der Waals surface area contributed by atoms with Crippen molar-refractivity contribution in [2.75, 3.05) is 16.8 Å². The van der Waals surface area contributed by atoms with Gasteiger partial charge >= 0.3 is 11.9 Å². The number of alkyl halides is 1. The van der Waals surface area contributed by atoms with Gasteiger partial charge in [-0.3, -0.25) is 4.79 Å². The van der Waals surface area contributed by atoms with Crippen LogP contribution in [0.15, 0.2) is 24.4 Å². The van der Waals surface area contributed by atoms with E-state index in [0.29, 0.717) is 5.69 Å². The summed E-state index contributed by atoms with van der Waals surface area (Å²) >= 11 is 0. The molecule has 3 rings (SSSR count). The summed E-state index contributed by atoms with van der Waals surface area (Å²) in [6, 6.07) is 2.01. The molecule has 0 aliphatic rings. The number of nitrogens with zero attached hydrogens (tertiary/aromatic N) is 4. The smallest absolute Gasteiger partial charge is 0.341 e. The molecule has 0 saturated heterocycles. The minimum absolute atomic E-state index is 0.0380. The fourth-order valence-electron chi connectivity index (χ4n) is 3.43. The van der Waals surface area contributed by atoms with E-state index in [-0.39, 0.29) is 40.7 Å². The van der Waals surface area contributed by atoms with Crippen LogP contribution in [0.25, 0.3) is 11.2 Å². The predicted octanol–water partition coefficient (Wildman–Crippen LogP) is 2.07. The van der Waals surface area contributed by atoms with Crippen LogP contribution >= 0.6 is 0 Å². The summed E-state index contributed by atoms with van der Waals surface area (Å²) in [6.45, 7) is 6.27. The van der Waals surface area contributed by atoms with Crippen LogP contribution < -0.4 is 22.1 Å². The van der Waals surface area contributed by atoms with Crippen LogP contribution in [-0.4, -0.2) is 62.2 Å². The van der Waals surface area contributed by atoms with Crippen molar-refractivity contribution in [3.8, 4) is 0 Å². The summed E-state index contributed by atoms with van der Waals surface area (Å²) in [4.78, 5) is 53.4. The van der Waals surface area contributed by atoms with Crippen LogP contribution in [0.4, 0.5) is 26.2 Å². The lowest BCUT2D eigenvalue weighted by atomic mass is 10.1. The minimum atomic E-state index is -2.20. The number of nitrogens with two attached hydrogens (primary N) is 2. The number of carbonyl (C=O) groups excluding carboxylic acids is 3. The van der Waals surface area contributed by atoms with Crippen LogP contribution in [0.2, 0.25) is 0 Å². The molecule has 6 N–H and O–H groups in total. The number of aromatic nitrogens is 4. The lowest BCUT2D eigenvalue weighted by Crippen LogP contribution is -2.45. The Morgan fingerprint density at radius 3 is 2.33 bits per heavy atom. The molecule has 1 aromatic carbocycles. The fraction of sp³-hybridized carbons (Fsp3) is 0.400. The topological polar surface area (TPSA) is 197 Å². The highest BCUT2D eigenvalue weighted by Crippen LogP contribution is 2.19. The molecule has 2 atom stereocenters. The lowest BCUT2D eigenvalue weighted by Gasteiger charge is -2.21. The average Bonchev–Trinajstić information content (AvgIpc) is 2.86. The average molecular weight is 561 g/mol. The van der Waals surface area contributed by atoms with Crippen molar-refractivity contribution in [2.24, 2.45) is 0 Å². The van der Waals surface area contributed by atoms with Crippen molar-refractivity contribution in [2.45, 2.75) is 65.1 Å². The fourth-order valence-corrected chi connectivity index (χ4v) is 3.43. The molecule has 0 aliphatic heterocycles. The van der Waals surface area contributed by atoms with Gasteiger partial charge in [0.25, 0.3) is 5.91 Å². The van der Waals surface area contributed by atoms with E-state index >= 15 is 0 Å². The second-order valence-corrected chi connectivity index (χ2v) is 9.25. The molecular formula is C25H30F2N8O5. The zero-order valence-corrected chi connectivity index (χ0v) is 22.3. The Balaban J connectivity index is 1.70. The molecule has 0 radical (unpaired) electrons. The van der Waals surface area contributed by atoms with Crippen molar-refractivity contribution >= 4 is 46.5 Å². The van der Waals surface area contributed by atoms with Gasteiger partial charge in [-0.2, -0.15) is 9.97 Å². The van der Waals surface area contributed by atoms with Gasteiger partial charge in [-0.1, -0.05) is 0 Å².